The van der Waals surface area contributed by atoms with Gasteiger partial charge in [-0.1, -0.05) is 12.8 Å². The molecule has 1 saturated heterocycles. The molecule has 0 aromatic carbocycles. The third-order valence-electron chi connectivity index (χ3n) is 5.07. The van der Waals surface area contributed by atoms with E-state index < -0.39 is 5.60 Å². The van der Waals surface area contributed by atoms with Gasteiger partial charge in [-0.05, 0) is 40.0 Å². The Kier molecular flexibility index (Phi) is 10.1. The number of likely N-dealkylation sites (N-methyl/N-ethyl adjacent to an activating group) is 1. The van der Waals surface area contributed by atoms with Crippen LogP contribution in [-0.4, -0.2) is 79.8 Å². The molecule has 2 fully saturated rings. The number of amides is 1. The quantitative estimate of drug-likeness (QED) is 0.349. The lowest BCUT2D eigenvalue weighted by Crippen LogP contribution is -2.47. The monoisotopic (exact) mass is 495 g/mol. The average Bonchev–Trinajstić information content (AvgIpc) is 3.23. The van der Waals surface area contributed by atoms with Gasteiger partial charge < -0.3 is 20.3 Å². The number of aliphatic imine (C=N–C) groups is 1. The second-order valence-corrected chi connectivity index (χ2v) is 8.46. The predicted molar refractivity (Wildman–Crippen MR) is 121 cm³/mol. The van der Waals surface area contributed by atoms with Crippen LogP contribution in [0.15, 0.2) is 4.99 Å². The topological polar surface area (TPSA) is 69.2 Å². The third-order valence-corrected chi connectivity index (χ3v) is 5.07. The second kappa shape index (κ2) is 11.3. The van der Waals surface area contributed by atoms with Crippen molar-refractivity contribution in [1.29, 1.82) is 0 Å². The van der Waals surface area contributed by atoms with Gasteiger partial charge in [-0.3, -0.25) is 9.89 Å². The summed E-state index contributed by atoms with van der Waals surface area (Å²) in [5.41, 5.74) is -0.468. The van der Waals surface area contributed by atoms with Crippen LogP contribution in [0.5, 0.6) is 0 Å². The number of nitrogens with zero attached hydrogens (tertiary/aromatic N) is 3. The van der Waals surface area contributed by atoms with E-state index in [-0.39, 0.29) is 30.1 Å². The molecule has 0 spiro atoms. The summed E-state index contributed by atoms with van der Waals surface area (Å²) in [6.07, 6.45) is 6.34. The Morgan fingerprint density at radius 3 is 2.52 bits per heavy atom. The van der Waals surface area contributed by atoms with Crippen LogP contribution < -0.4 is 10.6 Å². The maximum Gasteiger partial charge on any atom is 0.410 e. The second-order valence-electron chi connectivity index (χ2n) is 8.46. The van der Waals surface area contributed by atoms with Gasteiger partial charge in [-0.2, -0.15) is 0 Å². The smallest absolute Gasteiger partial charge is 0.410 e. The van der Waals surface area contributed by atoms with Crippen molar-refractivity contribution in [3.05, 3.63) is 0 Å². The highest BCUT2D eigenvalue weighted by molar-refractivity contribution is 14.0. The van der Waals surface area contributed by atoms with Crippen molar-refractivity contribution in [2.45, 2.75) is 70.6 Å². The van der Waals surface area contributed by atoms with E-state index in [1.807, 2.05) is 20.8 Å². The Morgan fingerprint density at radius 1 is 1.26 bits per heavy atom. The Bertz CT molecular complexity index is 489. The number of guanidine groups is 1. The van der Waals surface area contributed by atoms with E-state index in [1.54, 1.807) is 19.0 Å². The predicted octanol–water partition coefficient (Wildman–Crippen LogP) is 2.65. The number of carbonyl (C=O) groups is 1. The number of hydrogen-bond donors (Lipinski definition) is 2. The molecular weight excluding hydrogens is 457 g/mol. The number of ether oxygens (including phenoxy) is 1. The molecule has 1 aliphatic carbocycles. The number of rotatable bonds is 5. The summed E-state index contributed by atoms with van der Waals surface area (Å²) < 4.78 is 5.36. The van der Waals surface area contributed by atoms with Crippen LogP contribution in [-0.2, 0) is 4.74 Å². The fraction of sp³-hybridized carbons (Fsp3) is 0.895. The van der Waals surface area contributed by atoms with Crippen molar-refractivity contribution in [3.63, 3.8) is 0 Å². The molecule has 1 amide bonds. The van der Waals surface area contributed by atoms with Gasteiger partial charge >= 0.3 is 6.09 Å². The van der Waals surface area contributed by atoms with Gasteiger partial charge in [0.15, 0.2) is 5.96 Å². The molecule has 1 heterocycles. The van der Waals surface area contributed by atoms with Crippen LogP contribution in [0.25, 0.3) is 0 Å². The fourth-order valence-electron chi connectivity index (χ4n) is 3.67. The molecule has 27 heavy (non-hydrogen) atoms. The summed E-state index contributed by atoms with van der Waals surface area (Å²) in [5.74, 6) is 0.806. The first-order valence-electron chi connectivity index (χ1n) is 9.94. The lowest BCUT2D eigenvalue weighted by atomic mass is 10.2. The van der Waals surface area contributed by atoms with E-state index in [0.29, 0.717) is 19.1 Å². The highest BCUT2D eigenvalue weighted by atomic mass is 127. The SMILES string of the molecule is CN=C(NCCN(C)C(=O)OC(C)(C)C)NC1CCN(C2CCCC2)C1.I. The minimum Gasteiger partial charge on any atom is -0.444 e. The van der Waals surface area contributed by atoms with Crippen LogP contribution in [0.1, 0.15) is 52.9 Å². The summed E-state index contributed by atoms with van der Waals surface area (Å²) in [4.78, 5) is 20.5. The minimum absolute atomic E-state index is 0. The van der Waals surface area contributed by atoms with Crippen molar-refractivity contribution in [1.82, 2.24) is 20.4 Å². The van der Waals surface area contributed by atoms with Crippen LogP contribution >= 0.6 is 24.0 Å². The highest BCUT2D eigenvalue weighted by Crippen LogP contribution is 2.26. The summed E-state index contributed by atoms with van der Waals surface area (Å²) in [6.45, 7) is 9.10. The first-order valence-corrected chi connectivity index (χ1v) is 9.94. The Labute approximate surface area is 181 Å². The zero-order chi connectivity index (χ0) is 19.2. The molecule has 1 unspecified atom stereocenters. The van der Waals surface area contributed by atoms with Crippen molar-refractivity contribution < 1.29 is 9.53 Å². The van der Waals surface area contributed by atoms with Crippen LogP contribution in [0.2, 0.25) is 0 Å². The number of likely N-dealkylation sites (tertiary alicyclic amines) is 1. The number of nitrogens with one attached hydrogen (secondary N) is 2. The van der Waals surface area contributed by atoms with E-state index in [9.17, 15) is 4.79 Å². The molecule has 2 rings (SSSR count). The van der Waals surface area contributed by atoms with Gasteiger partial charge in [-0.15, -0.1) is 24.0 Å². The van der Waals surface area contributed by atoms with E-state index >= 15 is 0 Å². The van der Waals surface area contributed by atoms with Crippen molar-refractivity contribution in [3.8, 4) is 0 Å². The van der Waals surface area contributed by atoms with E-state index in [2.05, 4.69) is 20.5 Å². The number of halogens is 1. The van der Waals surface area contributed by atoms with Crippen molar-refractivity contribution in [2.75, 3.05) is 40.3 Å². The van der Waals surface area contributed by atoms with E-state index in [1.165, 1.54) is 32.2 Å². The van der Waals surface area contributed by atoms with Crippen LogP contribution in [0.3, 0.4) is 0 Å². The lowest BCUT2D eigenvalue weighted by molar-refractivity contribution is 0.0302. The first-order chi connectivity index (χ1) is 12.3. The molecule has 0 radical (unpaired) electrons. The molecule has 1 saturated carbocycles. The van der Waals surface area contributed by atoms with Gasteiger partial charge in [0.25, 0.3) is 0 Å². The summed E-state index contributed by atoms with van der Waals surface area (Å²) in [5, 5.41) is 6.82. The maximum atomic E-state index is 12.0. The van der Waals surface area contributed by atoms with Gasteiger partial charge in [-0.25, -0.2) is 4.79 Å². The van der Waals surface area contributed by atoms with Gasteiger partial charge in [0, 0.05) is 52.4 Å². The first kappa shape index (κ1) is 24.3. The third kappa shape index (κ3) is 8.41. The van der Waals surface area contributed by atoms with E-state index in [4.69, 9.17) is 4.74 Å². The van der Waals surface area contributed by atoms with Crippen LogP contribution in [0, 0.1) is 0 Å². The Balaban J connectivity index is 0.00000364. The Morgan fingerprint density at radius 2 is 1.93 bits per heavy atom. The Hall–Kier alpha value is -0.770. The van der Waals surface area contributed by atoms with Crippen molar-refractivity contribution >= 4 is 36.0 Å². The molecule has 158 valence electrons. The normalized spacial score (nSPS) is 21.7. The molecule has 2 aliphatic rings. The molecule has 1 atom stereocenters. The largest absolute Gasteiger partial charge is 0.444 e. The number of carbonyl (C=O) groups excluding carboxylic acids is 1. The van der Waals surface area contributed by atoms with E-state index in [0.717, 1.165) is 25.0 Å². The lowest BCUT2D eigenvalue weighted by Gasteiger charge is -2.25. The molecule has 0 bridgehead atoms. The fourth-order valence-corrected chi connectivity index (χ4v) is 3.67. The number of hydrogen-bond acceptors (Lipinski definition) is 4. The zero-order valence-electron chi connectivity index (χ0n) is 17.6. The summed E-state index contributed by atoms with van der Waals surface area (Å²) >= 11 is 0. The molecular formula is C19H38IN5O2. The zero-order valence-corrected chi connectivity index (χ0v) is 19.9. The highest BCUT2D eigenvalue weighted by Gasteiger charge is 2.30. The molecule has 0 aromatic heterocycles. The molecule has 0 aromatic rings. The average molecular weight is 495 g/mol. The molecule has 1 aliphatic heterocycles. The molecule has 2 N–H and O–H groups in total. The van der Waals surface area contributed by atoms with Crippen molar-refractivity contribution in [2.24, 2.45) is 4.99 Å². The van der Waals surface area contributed by atoms with Gasteiger partial charge in [0.1, 0.15) is 5.60 Å². The van der Waals surface area contributed by atoms with Crippen LogP contribution in [0.4, 0.5) is 4.79 Å². The maximum absolute atomic E-state index is 12.0. The standard InChI is InChI=1S/C19H37N5O2.HI/c1-19(2,3)26-18(25)23(5)13-11-21-17(20-4)22-15-10-12-24(14-15)16-8-6-7-9-16;/h15-16H,6-14H2,1-5H3,(H2,20,21,22);1H. The molecule has 8 heteroatoms. The minimum atomic E-state index is -0.468. The van der Waals surface area contributed by atoms with Gasteiger partial charge in [0.2, 0.25) is 0 Å². The summed E-state index contributed by atoms with van der Waals surface area (Å²) in [6, 6.07) is 1.24. The molecule has 7 nitrogen and oxygen atoms in total. The summed E-state index contributed by atoms with van der Waals surface area (Å²) in [7, 11) is 3.54. The van der Waals surface area contributed by atoms with Gasteiger partial charge in [0.05, 0.1) is 0 Å².